The van der Waals surface area contributed by atoms with Crippen LogP contribution in [0.3, 0.4) is 0 Å². The second-order valence-corrected chi connectivity index (χ2v) is 26.5. The Hall–Kier alpha value is -9.18. The highest BCUT2D eigenvalue weighted by Crippen LogP contribution is 2.33. The number of carbonyl (C=O) groups is 16. The number of amides is 7. The van der Waals surface area contributed by atoms with Gasteiger partial charge in [0.2, 0.25) is 41.4 Å². The van der Waals surface area contributed by atoms with Crippen molar-refractivity contribution in [3.63, 3.8) is 0 Å². The lowest BCUT2D eigenvalue weighted by molar-refractivity contribution is -0.277. The van der Waals surface area contributed by atoms with E-state index in [9.17, 15) is 76.7 Å². The molecule has 0 aromatic carbocycles. The van der Waals surface area contributed by atoms with Crippen LogP contribution in [0.5, 0.6) is 0 Å². The van der Waals surface area contributed by atoms with Crippen molar-refractivity contribution >= 4 is 95.1 Å². The lowest BCUT2D eigenvalue weighted by Crippen LogP contribution is -2.66. The van der Waals surface area contributed by atoms with Gasteiger partial charge < -0.3 is 114 Å². The van der Waals surface area contributed by atoms with Gasteiger partial charge in [0.1, 0.15) is 68.3 Å². The summed E-state index contributed by atoms with van der Waals surface area (Å²) in [5, 5.41) is 22.6. The fourth-order valence-electron chi connectivity index (χ4n) is 12.5. The predicted molar refractivity (Wildman–Crippen MR) is 375 cm³/mol. The zero-order chi connectivity index (χ0) is 81.7. The maximum Gasteiger partial charge on any atom is 0.303 e. The summed E-state index contributed by atoms with van der Waals surface area (Å²) < 4.78 is 84.8. The van der Waals surface area contributed by atoms with E-state index in [0.29, 0.717) is 81.9 Å². The molecule has 4 rings (SSSR count). The van der Waals surface area contributed by atoms with Crippen LogP contribution in [0, 0.1) is 0 Å². The highest BCUT2D eigenvalue weighted by atomic mass is 16.7. The normalized spacial score (nSPS) is 24.9. The van der Waals surface area contributed by atoms with Crippen molar-refractivity contribution in [2.75, 3.05) is 59.3 Å². The molecule has 39 heteroatoms. The Morgan fingerprint density at radius 1 is 0.391 bits per heavy atom. The third-order valence-electron chi connectivity index (χ3n) is 17.0. The van der Waals surface area contributed by atoms with Gasteiger partial charge in [0.05, 0.1) is 0 Å². The molecule has 3 fully saturated rings. The minimum atomic E-state index is -1.34. The Kier molecular flexibility index (Phi) is 41.1. The molecule has 4 heterocycles. The van der Waals surface area contributed by atoms with Gasteiger partial charge in [-0.1, -0.05) is 0 Å². The minimum Gasteiger partial charge on any atom is -0.463 e. The van der Waals surface area contributed by atoms with Crippen LogP contribution in [0.2, 0.25) is 0 Å². The average molecular weight is 1570 g/mol. The van der Waals surface area contributed by atoms with E-state index in [-0.39, 0.29) is 70.5 Å². The van der Waals surface area contributed by atoms with Gasteiger partial charge in [-0.25, -0.2) is 0 Å². The standard InChI is InChI=1S/C71H110N8O31/c1-14-72-67(94)51(26-15-19-29-73-55(92)27-17-21-32-97-70-59(76-38(3)81)65(106-47(12)90)62(103-44(9)87)53(109-70)35-100-41(6)84)79-68(95)57-49(50(78-57)25-16-20-31-96-69-58(75-37(2)80)64(105-46(11)89)61(102-43(8)86)52(108-69)34-99-40(5)83)24-23-30-74-56(93)28-18-22-33-98-71-60(77-39(4)82)66(107-48(13)91)63(104-45(10)88)54(110-71)36-101-42(7)85/h51-54,57-66,69-71,78H,14-36H2,1-13H3,(H,72,94)(H,73,92)(H,74,93)(H,75,80)(H,76,81)(H,77,82)(H,79,95). The summed E-state index contributed by atoms with van der Waals surface area (Å²) in [5.41, 5.74) is 1.41. The van der Waals surface area contributed by atoms with Gasteiger partial charge in [-0.3, -0.25) is 76.7 Å². The van der Waals surface area contributed by atoms with E-state index < -0.39 is 207 Å². The molecule has 17 atom stereocenters. The van der Waals surface area contributed by atoms with Gasteiger partial charge in [0, 0.05) is 141 Å². The number of nitrogens with one attached hydrogen (secondary N) is 8. The minimum absolute atomic E-state index is 0.00211. The van der Waals surface area contributed by atoms with Crippen molar-refractivity contribution in [3.05, 3.63) is 11.3 Å². The van der Waals surface area contributed by atoms with Crippen LogP contribution in [0.4, 0.5) is 0 Å². The molecule has 0 radical (unpaired) electrons. The number of unbranched alkanes of at least 4 members (excludes halogenated alkanes) is 4. The van der Waals surface area contributed by atoms with Crippen LogP contribution in [0.25, 0.3) is 0 Å². The monoisotopic (exact) mass is 1570 g/mol. The quantitative estimate of drug-likeness (QED) is 0.0217. The molecule has 620 valence electrons. The number of hydrogen-bond donors (Lipinski definition) is 8. The summed E-state index contributed by atoms with van der Waals surface area (Å²) in [6, 6.07) is -5.43. The molecule has 8 N–H and O–H groups in total. The smallest absolute Gasteiger partial charge is 0.303 e. The van der Waals surface area contributed by atoms with Gasteiger partial charge in [-0.15, -0.1) is 0 Å². The first-order valence-corrected chi connectivity index (χ1v) is 36.7. The topological polar surface area (TPSA) is 508 Å². The fraction of sp³-hybridized carbons (Fsp3) is 0.746. The van der Waals surface area contributed by atoms with Crippen molar-refractivity contribution in [2.24, 2.45) is 0 Å². The zero-order valence-electron chi connectivity index (χ0n) is 64.7. The molecule has 17 unspecified atom stereocenters. The molecular weight excluding hydrogens is 1460 g/mol. The van der Waals surface area contributed by atoms with Gasteiger partial charge >= 0.3 is 53.7 Å². The Bertz CT molecular complexity index is 3190. The molecule has 39 nitrogen and oxygen atoms in total. The molecule has 4 aliphatic heterocycles. The van der Waals surface area contributed by atoms with Crippen molar-refractivity contribution in [2.45, 2.75) is 284 Å². The Morgan fingerprint density at radius 2 is 0.736 bits per heavy atom. The van der Waals surface area contributed by atoms with E-state index in [1.54, 1.807) is 6.92 Å². The molecule has 0 spiro atoms. The zero-order valence-corrected chi connectivity index (χ0v) is 64.7. The molecule has 0 aromatic heterocycles. The van der Waals surface area contributed by atoms with E-state index >= 15 is 0 Å². The molecule has 7 amide bonds. The van der Waals surface area contributed by atoms with Crippen LogP contribution in [-0.4, -0.2) is 258 Å². The number of allylic oxidation sites excluding steroid dienone is 1. The number of esters is 9. The van der Waals surface area contributed by atoms with Crippen LogP contribution >= 0.6 is 0 Å². The molecule has 4 aliphatic rings. The predicted octanol–water partition coefficient (Wildman–Crippen LogP) is -0.455. The van der Waals surface area contributed by atoms with Gasteiger partial charge in [-0.2, -0.15) is 0 Å². The molecule has 0 aliphatic carbocycles. The Balaban J connectivity index is 1.41. The van der Waals surface area contributed by atoms with Crippen LogP contribution < -0.4 is 42.5 Å². The van der Waals surface area contributed by atoms with Crippen LogP contribution in [0.15, 0.2) is 11.3 Å². The molecule has 0 saturated carbocycles. The van der Waals surface area contributed by atoms with Crippen molar-refractivity contribution in [1.82, 2.24) is 42.5 Å². The maximum atomic E-state index is 14.3. The summed E-state index contributed by atoms with van der Waals surface area (Å²) in [5.74, 6) is -9.87. The third-order valence-corrected chi connectivity index (χ3v) is 17.0. The summed E-state index contributed by atoms with van der Waals surface area (Å²) in [6.45, 7) is 14.9. The highest BCUT2D eigenvalue weighted by Gasteiger charge is 2.54. The van der Waals surface area contributed by atoms with Gasteiger partial charge in [0.15, 0.2) is 55.5 Å². The fourth-order valence-corrected chi connectivity index (χ4v) is 12.5. The Morgan fingerprint density at radius 3 is 1.07 bits per heavy atom. The van der Waals surface area contributed by atoms with E-state index in [1.165, 1.54) is 20.8 Å². The molecule has 110 heavy (non-hydrogen) atoms. The van der Waals surface area contributed by atoms with Crippen LogP contribution in [-0.2, 0) is 148 Å². The average Bonchev–Trinajstić information content (AvgIpc) is 0.805. The summed E-state index contributed by atoms with van der Waals surface area (Å²) in [7, 11) is 0. The number of rotatable bonds is 46. The largest absolute Gasteiger partial charge is 0.463 e. The van der Waals surface area contributed by atoms with Crippen LogP contribution in [0.1, 0.15) is 180 Å². The second-order valence-electron chi connectivity index (χ2n) is 26.5. The SMILES string of the molecule is CCNC(=O)C(CCCCNC(=O)CCCCOC1OC(COC(C)=O)C(OC(C)=O)C(OC(C)=O)C1NC(C)=O)NC(=O)C1NC(CCCCOC2OC(COC(C)=O)C(OC(C)=O)C(OC(C)=O)C2NC(C)=O)=C1CCCNC(=O)CCCCOC1OC(COC(C)=O)C(OC(C)=O)C(OC(C)=O)C1NC(C)=O. The Labute approximate surface area is 637 Å². The lowest BCUT2D eigenvalue weighted by Gasteiger charge is -2.45. The summed E-state index contributed by atoms with van der Waals surface area (Å²) in [4.78, 5) is 200. The highest BCUT2D eigenvalue weighted by molar-refractivity contribution is 5.92. The van der Waals surface area contributed by atoms with Gasteiger partial charge in [-0.05, 0) is 89.5 Å². The van der Waals surface area contributed by atoms with E-state index in [2.05, 4.69) is 42.5 Å². The third kappa shape index (κ3) is 33.6. The van der Waals surface area contributed by atoms with E-state index in [0.717, 1.165) is 62.3 Å². The summed E-state index contributed by atoms with van der Waals surface area (Å²) >= 11 is 0. The first-order valence-electron chi connectivity index (χ1n) is 36.7. The first kappa shape index (κ1) is 93.2. The van der Waals surface area contributed by atoms with Crippen molar-refractivity contribution < 1.29 is 148 Å². The first-order chi connectivity index (χ1) is 52.1. The summed E-state index contributed by atoms with van der Waals surface area (Å²) in [6.07, 6.45) is -11.1. The molecule has 0 bridgehead atoms. The number of ether oxygens (including phenoxy) is 15. The van der Waals surface area contributed by atoms with Crippen molar-refractivity contribution in [3.8, 4) is 0 Å². The number of likely N-dealkylation sites (N-methyl/N-ethyl adjacent to an activating group) is 1. The van der Waals surface area contributed by atoms with Crippen molar-refractivity contribution in [1.29, 1.82) is 0 Å². The van der Waals surface area contributed by atoms with Gasteiger partial charge in [0.25, 0.3) is 0 Å². The molecule has 0 aromatic rings. The van der Waals surface area contributed by atoms with E-state index in [1.807, 2.05) is 0 Å². The lowest BCUT2D eigenvalue weighted by atomic mass is 9.88. The molecular formula is C71H110N8O31. The van der Waals surface area contributed by atoms with E-state index in [4.69, 9.17) is 71.1 Å². The maximum absolute atomic E-state index is 14.3. The number of hydrogen-bond acceptors (Lipinski definition) is 32. The molecule has 3 saturated heterocycles. The number of carbonyl (C=O) groups excluding carboxylic acids is 16. The second kappa shape index (κ2) is 48.5.